The minimum Gasteiger partial charge on any atom is -0.484 e. The lowest BCUT2D eigenvalue weighted by molar-refractivity contribution is -0.130. The molecule has 0 saturated carbocycles. The van der Waals surface area contributed by atoms with Gasteiger partial charge in [-0.25, -0.2) is 10.2 Å². The number of benzene rings is 1. The third-order valence-corrected chi connectivity index (χ3v) is 2.85. The molecule has 132 valence electrons. The average molecular weight is 335 g/mol. The SMILES string of the molecule is CC(=NNC(=O)OC(C)(C)C)c1ccc(OCC(=O)N(C)C)cc1. The van der Waals surface area contributed by atoms with Crippen molar-refractivity contribution in [2.45, 2.75) is 33.3 Å². The number of hydrogen-bond donors (Lipinski definition) is 1. The van der Waals surface area contributed by atoms with Crippen molar-refractivity contribution < 1.29 is 19.1 Å². The minimum absolute atomic E-state index is 0.0143. The molecule has 24 heavy (non-hydrogen) atoms. The molecular formula is C17H25N3O4. The fraction of sp³-hybridized carbons (Fsp3) is 0.471. The zero-order valence-corrected chi connectivity index (χ0v) is 15.0. The minimum atomic E-state index is -0.607. The first-order valence-corrected chi connectivity index (χ1v) is 7.55. The number of hydrazone groups is 1. The zero-order chi connectivity index (χ0) is 18.3. The third-order valence-electron chi connectivity index (χ3n) is 2.85. The second-order valence-electron chi connectivity index (χ2n) is 6.41. The molecule has 0 saturated heterocycles. The van der Waals surface area contributed by atoms with Crippen LogP contribution in [0.15, 0.2) is 29.4 Å². The molecule has 0 unspecified atom stereocenters. The molecule has 0 radical (unpaired) electrons. The van der Waals surface area contributed by atoms with E-state index in [9.17, 15) is 9.59 Å². The van der Waals surface area contributed by atoms with E-state index in [4.69, 9.17) is 9.47 Å². The highest BCUT2D eigenvalue weighted by Crippen LogP contribution is 2.13. The molecule has 0 aliphatic carbocycles. The Bertz CT molecular complexity index is 601. The van der Waals surface area contributed by atoms with E-state index in [1.165, 1.54) is 4.90 Å². The van der Waals surface area contributed by atoms with E-state index >= 15 is 0 Å². The van der Waals surface area contributed by atoms with Gasteiger partial charge in [0.15, 0.2) is 6.61 Å². The second kappa shape index (κ2) is 8.33. The number of nitrogens with zero attached hydrogens (tertiary/aromatic N) is 2. The monoisotopic (exact) mass is 335 g/mol. The molecule has 0 heterocycles. The highest BCUT2D eigenvalue weighted by molar-refractivity contribution is 5.99. The van der Waals surface area contributed by atoms with Crippen LogP contribution in [0.5, 0.6) is 5.75 Å². The summed E-state index contributed by atoms with van der Waals surface area (Å²) in [4.78, 5) is 24.5. The van der Waals surface area contributed by atoms with Crippen LogP contribution in [0.1, 0.15) is 33.3 Å². The fourth-order valence-electron chi connectivity index (χ4n) is 1.56. The molecule has 7 heteroatoms. The summed E-state index contributed by atoms with van der Waals surface area (Å²) in [5.41, 5.74) is 3.22. The van der Waals surface area contributed by atoms with E-state index in [1.807, 2.05) is 0 Å². The van der Waals surface area contributed by atoms with Crippen molar-refractivity contribution in [2.75, 3.05) is 20.7 Å². The standard InChI is InChI=1S/C17H25N3O4/c1-12(18-19-16(22)24-17(2,3)4)13-7-9-14(10-8-13)23-11-15(21)20(5)6/h7-10H,11H2,1-6H3,(H,19,22). The molecule has 0 atom stereocenters. The van der Waals surface area contributed by atoms with Gasteiger partial charge in [0.25, 0.3) is 5.91 Å². The lowest BCUT2D eigenvalue weighted by atomic mass is 10.1. The number of carbonyl (C=O) groups excluding carboxylic acids is 2. The summed E-state index contributed by atoms with van der Waals surface area (Å²) in [5, 5.41) is 4.00. The maximum atomic E-state index is 11.6. The Hall–Kier alpha value is -2.57. The first kappa shape index (κ1) is 19.5. The van der Waals surface area contributed by atoms with E-state index in [0.29, 0.717) is 11.5 Å². The van der Waals surface area contributed by atoms with Crippen molar-refractivity contribution in [3.05, 3.63) is 29.8 Å². The van der Waals surface area contributed by atoms with Gasteiger partial charge >= 0.3 is 6.09 Å². The van der Waals surface area contributed by atoms with E-state index in [1.54, 1.807) is 66.1 Å². The largest absolute Gasteiger partial charge is 0.484 e. The van der Waals surface area contributed by atoms with Crippen LogP contribution in [-0.4, -0.2) is 48.9 Å². The molecule has 0 aliphatic heterocycles. The van der Waals surface area contributed by atoms with Crippen LogP contribution in [0, 0.1) is 0 Å². The topological polar surface area (TPSA) is 80.2 Å². The maximum absolute atomic E-state index is 11.6. The van der Waals surface area contributed by atoms with Gasteiger partial charge < -0.3 is 14.4 Å². The first-order valence-electron chi connectivity index (χ1n) is 7.55. The smallest absolute Gasteiger partial charge is 0.428 e. The maximum Gasteiger partial charge on any atom is 0.428 e. The van der Waals surface area contributed by atoms with Crippen molar-refractivity contribution in [3.8, 4) is 5.75 Å². The van der Waals surface area contributed by atoms with Crippen molar-refractivity contribution in [1.29, 1.82) is 0 Å². The summed E-state index contributed by atoms with van der Waals surface area (Å²) in [6, 6.07) is 7.08. The molecule has 1 aromatic rings. The number of rotatable bonds is 5. The Kier molecular flexibility index (Phi) is 6.76. The Morgan fingerprint density at radius 2 is 1.75 bits per heavy atom. The number of hydrogen-bond acceptors (Lipinski definition) is 5. The lowest BCUT2D eigenvalue weighted by Gasteiger charge is -2.18. The van der Waals surface area contributed by atoms with Gasteiger partial charge in [-0.3, -0.25) is 4.79 Å². The number of ether oxygens (including phenoxy) is 2. The van der Waals surface area contributed by atoms with Gasteiger partial charge in [-0.1, -0.05) is 0 Å². The summed E-state index contributed by atoms with van der Waals surface area (Å²) >= 11 is 0. The second-order valence-corrected chi connectivity index (χ2v) is 6.41. The van der Waals surface area contributed by atoms with Gasteiger partial charge in [-0.05, 0) is 57.5 Å². The van der Waals surface area contributed by atoms with Crippen molar-refractivity contribution in [3.63, 3.8) is 0 Å². The molecule has 1 aromatic carbocycles. The van der Waals surface area contributed by atoms with Crippen LogP contribution in [-0.2, 0) is 9.53 Å². The van der Waals surface area contributed by atoms with Gasteiger partial charge in [0.1, 0.15) is 11.4 Å². The molecule has 0 bridgehead atoms. The third kappa shape index (κ3) is 7.13. The molecule has 0 spiro atoms. The summed E-state index contributed by atoms with van der Waals surface area (Å²) in [6.07, 6.45) is -0.607. The summed E-state index contributed by atoms with van der Waals surface area (Å²) < 4.78 is 10.5. The predicted molar refractivity (Wildman–Crippen MR) is 92.2 cm³/mol. The molecule has 1 rings (SSSR count). The van der Waals surface area contributed by atoms with Crippen LogP contribution in [0.3, 0.4) is 0 Å². The van der Waals surface area contributed by atoms with Crippen LogP contribution < -0.4 is 10.2 Å². The predicted octanol–water partition coefficient (Wildman–Crippen LogP) is 2.40. The van der Waals surface area contributed by atoms with Crippen molar-refractivity contribution >= 4 is 17.7 Å². The van der Waals surface area contributed by atoms with Gasteiger partial charge in [0, 0.05) is 14.1 Å². The number of carbonyl (C=O) groups is 2. The Balaban J connectivity index is 2.60. The van der Waals surface area contributed by atoms with Crippen LogP contribution in [0.4, 0.5) is 4.79 Å². The van der Waals surface area contributed by atoms with Crippen molar-refractivity contribution in [1.82, 2.24) is 10.3 Å². The number of amides is 2. The molecule has 0 aliphatic rings. The number of nitrogens with one attached hydrogen (secondary N) is 1. The highest BCUT2D eigenvalue weighted by atomic mass is 16.6. The first-order chi connectivity index (χ1) is 11.1. The Morgan fingerprint density at radius 1 is 1.17 bits per heavy atom. The Labute approximate surface area is 142 Å². The van der Waals surface area contributed by atoms with Crippen LogP contribution in [0.25, 0.3) is 0 Å². The lowest BCUT2D eigenvalue weighted by Crippen LogP contribution is -2.30. The van der Waals surface area contributed by atoms with E-state index < -0.39 is 11.7 Å². The highest BCUT2D eigenvalue weighted by Gasteiger charge is 2.15. The normalized spacial score (nSPS) is 11.7. The van der Waals surface area contributed by atoms with Gasteiger partial charge in [-0.15, -0.1) is 0 Å². The number of likely N-dealkylation sites (N-methyl/N-ethyl adjacent to an activating group) is 1. The summed E-state index contributed by atoms with van der Waals surface area (Å²) in [7, 11) is 3.35. The average Bonchev–Trinajstić information content (AvgIpc) is 2.49. The fourth-order valence-corrected chi connectivity index (χ4v) is 1.56. The molecule has 0 aromatic heterocycles. The van der Waals surface area contributed by atoms with Crippen LogP contribution in [0.2, 0.25) is 0 Å². The van der Waals surface area contributed by atoms with E-state index in [2.05, 4.69) is 10.5 Å². The van der Waals surface area contributed by atoms with Crippen molar-refractivity contribution in [2.24, 2.45) is 5.10 Å². The molecule has 2 amide bonds. The van der Waals surface area contributed by atoms with Gasteiger partial charge in [0.05, 0.1) is 5.71 Å². The molecule has 7 nitrogen and oxygen atoms in total. The van der Waals surface area contributed by atoms with Gasteiger partial charge in [0.2, 0.25) is 0 Å². The summed E-state index contributed by atoms with van der Waals surface area (Å²) in [5.74, 6) is 0.472. The quantitative estimate of drug-likeness (QED) is 0.662. The zero-order valence-electron chi connectivity index (χ0n) is 15.0. The molecule has 1 N–H and O–H groups in total. The molecule has 0 fully saturated rings. The van der Waals surface area contributed by atoms with Gasteiger partial charge in [-0.2, -0.15) is 5.10 Å². The molecular weight excluding hydrogens is 310 g/mol. The van der Waals surface area contributed by atoms with E-state index in [-0.39, 0.29) is 12.5 Å². The Morgan fingerprint density at radius 3 is 2.25 bits per heavy atom. The van der Waals surface area contributed by atoms with E-state index in [0.717, 1.165) is 5.56 Å². The summed E-state index contributed by atoms with van der Waals surface area (Å²) in [6.45, 7) is 7.09. The van der Waals surface area contributed by atoms with Crippen LogP contribution >= 0.6 is 0 Å².